The average molecular weight is 269 g/mol. The van der Waals surface area contributed by atoms with E-state index in [1.165, 1.54) is 17.5 Å². The van der Waals surface area contributed by atoms with Crippen molar-refractivity contribution >= 4 is 22.4 Å². The largest absolute Gasteiger partial charge is 0.393 e. The molecule has 100 valence electrons. The number of aromatic nitrogens is 1. The zero-order chi connectivity index (χ0) is 13.3. The van der Waals surface area contributed by atoms with Crippen LogP contribution in [0.3, 0.4) is 0 Å². The molecule has 1 saturated heterocycles. The molecule has 0 aromatic carbocycles. The van der Waals surface area contributed by atoms with Crippen molar-refractivity contribution in [2.45, 2.75) is 32.8 Å². The quantitative estimate of drug-likeness (QED) is 0.806. The average Bonchev–Trinajstić information content (AvgIpc) is 2.63. The zero-order valence-electron chi connectivity index (χ0n) is 10.7. The van der Waals surface area contributed by atoms with Gasteiger partial charge >= 0.3 is 0 Å². The van der Waals surface area contributed by atoms with Crippen molar-refractivity contribution in [2.75, 3.05) is 18.8 Å². The van der Waals surface area contributed by atoms with Gasteiger partial charge < -0.3 is 15.7 Å². The summed E-state index contributed by atoms with van der Waals surface area (Å²) in [4.78, 5) is 18.6. The summed E-state index contributed by atoms with van der Waals surface area (Å²) in [6.45, 7) is 5.38. The number of hydrogen-bond acceptors (Lipinski definition) is 5. The van der Waals surface area contributed by atoms with E-state index in [9.17, 15) is 9.90 Å². The summed E-state index contributed by atoms with van der Waals surface area (Å²) in [5, 5.41) is 10.2. The lowest BCUT2D eigenvalue weighted by Crippen LogP contribution is -2.37. The SMILES string of the molecule is CC1(C)C[C@@H](O)CCN(C(=O)c2cnc(N)s2)C1. The Balaban J connectivity index is 2.15. The predicted octanol–water partition coefficient (Wildman–Crippen LogP) is 1.35. The standard InChI is InChI=1S/C12H19N3O2S/c1-12(2)5-8(16)3-4-15(7-12)10(17)9-6-14-11(13)18-9/h6,8,16H,3-5,7H2,1-2H3,(H2,13,14)/t8-/m0/s1. The Morgan fingerprint density at radius 2 is 2.39 bits per heavy atom. The molecule has 1 aliphatic heterocycles. The van der Waals surface area contributed by atoms with Gasteiger partial charge in [0.1, 0.15) is 4.88 Å². The highest BCUT2D eigenvalue weighted by Crippen LogP contribution is 2.29. The van der Waals surface area contributed by atoms with Gasteiger partial charge in [0, 0.05) is 13.1 Å². The van der Waals surface area contributed by atoms with Gasteiger partial charge in [-0.1, -0.05) is 25.2 Å². The Bertz CT molecular complexity index is 444. The number of carbonyl (C=O) groups is 1. The second-order valence-electron chi connectivity index (χ2n) is 5.60. The Hall–Kier alpha value is -1.14. The number of carbonyl (C=O) groups excluding carboxylic acids is 1. The van der Waals surface area contributed by atoms with E-state index < -0.39 is 0 Å². The first-order valence-electron chi connectivity index (χ1n) is 6.06. The maximum Gasteiger partial charge on any atom is 0.265 e. The van der Waals surface area contributed by atoms with E-state index in [0.717, 1.165) is 6.42 Å². The summed E-state index contributed by atoms with van der Waals surface area (Å²) in [6, 6.07) is 0. The van der Waals surface area contributed by atoms with Crippen LogP contribution < -0.4 is 5.73 Å². The molecule has 0 radical (unpaired) electrons. The molecule has 6 heteroatoms. The Kier molecular flexibility index (Phi) is 3.59. The van der Waals surface area contributed by atoms with E-state index in [-0.39, 0.29) is 17.4 Å². The molecule has 1 aliphatic rings. The molecule has 0 unspecified atom stereocenters. The number of aliphatic hydroxyl groups is 1. The second-order valence-corrected chi connectivity index (χ2v) is 6.66. The number of likely N-dealkylation sites (tertiary alicyclic amines) is 1. The first-order chi connectivity index (χ1) is 8.37. The zero-order valence-corrected chi connectivity index (χ0v) is 11.5. The van der Waals surface area contributed by atoms with Crippen LogP contribution in [0.25, 0.3) is 0 Å². The number of nitrogens with two attached hydrogens (primary N) is 1. The molecule has 5 nitrogen and oxygen atoms in total. The van der Waals surface area contributed by atoms with Crippen LogP contribution in [-0.4, -0.2) is 40.1 Å². The van der Waals surface area contributed by atoms with Gasteiger partial charge in [-0.3, -0.25) is 4.79 Å². The molecule has 18 heavy (non-hydrogen) atoms. The van der Waals surface area contributed by atoms with Crippen LogP contribution in [0.1, 0.15) is 36.4 Å². The van der Waals surface area contributed by atoms with Crippen LogP contribution >= 0.6 is 11.3 Å². The molecule has 0 saturated carbocycles. The first-order valence-corrected chi connectivity index (χ1v) is 6.88. The maximum absolute atomic E-state index is 12.3. The second kappa shape index (κ2) is 4.85. The topological polar surface area (TPSA) is 79.5 Å². The highest BCUT2D eigenvalue weighted by atomic mass is 32.1. The number of rotatable bonds is 1. The number of aliphatic hydroxyl groups excluding tert-OH is 1. The third-order valence-electron chi connectivity index (χ3n) is 3.16. The number of nitrogen functional groups attached to an aromatic ring is 1. The highest BCUT2D eigenvalue weighted by Gasteiger charge is 2.32. The smallest absolute Gasteiger partial charge is 0.265 e. The van der Waals surface area contributed by atoms with Crippen molar-refractivity contribution in [1.29, 1.82) is 0 Å². The van der Waals surface area contributed by atoms with Gasteiger partial charge in [0.2, 0.25) is 0 Å². The van der Waals surface area contributed by atoms with E-state index in [0.29, 0.717) is 29.5 Å². The van der Waals surface area contributed by atoms with Crippen molar-refractivity contribution < 1.29 is 9.90 Å². The van der Waals surface area contributed by atoms with E-state index in [4.69, 9.17) is 5.73 Å². The molecule has 2 heterocycles. The third kappa shape index (κ3) is 3.00. The molecule has 0 bridgehead atoms. The number of hydrogen-bond donors (Lipinski definition) is 2. The molecule has 3 N–H and O–H groups in total. The summed E-state index contributed by atoms with van der Waals surface area (Å²) >= 11 is 1.21. The van der Waals surface area contributed by atoms with Crippen molar-refractivity contribution in [3.63, 3.8) is 0 Å². The van der Waals surface area contributed by atoms with Gasteiger partial charge in [-0.15, -0.1) is 0 Å². The lowest BCUT2D eigenvalue weighted by molar-refractivity contribution is 0.0709. The normalized spacial score (nSPS) is 23.7. The van der Waals surface area contributed by atoms with Gasteiger partial charge in [-0.25, -0.2) is 4.98 Å². The summed E-state index contributed by atoms with van der Waals surface area (Å²) < 4.78 is 0. The van der Waals surface area contributed by atoms with Crippen LogP contribution in [-0.2, 0) is 0 Å². The molecule has 0 aliphatic carbocycles. The number of anilines is 1. The van der Waals surface area contributed by atoms with Gasteiger partial charge in [0.25, 0.3) is 5.91 Å². The van der Waals surface area contributed by atoms with Gasteiger partial charge in [-0.2, -0.15) is 0 Å². The fourth-order valence-electron chi connectivity index (χ4n) is 2.42. The molecule has 1 atom stereocenters. The minimum atomic E-state index is -0.329. The van der Waals surface area contributed by atoms with Crippen molar-refractivity contribution in [3.05, 3.63) is 11.1 Å². The van der Waals surface area contributed by atoms with Gasteiger partial charge in [0.15, 0.2) is 5.13 Å². The van der Waals surface area contributed by atoms with Crippen molar-refractivity contribution in [1.82, 2.24) is 9.88 Å². The summed E-state index contributed by atoms with van der Waals surface area (Å²) in [5.41, 5.74) is 5.48. The van der Waals surface area contributed by atoms with Crippen LogP contribution in [0.2, 0.25) is 0 Å². The summed E-state index contributed by atoms with van der Waals surface area (Å²) in [7, 11) is 0. The van der Waals surface area contributed by atoms with Crippen LogP contribution in [0, 0.1) is 5.41 Å². The molecular weight excluding hydrogens is 250 g/mol. The molecule has 1 aromatic rings. The number of amides is 1. The molecular formula is C12H19N3O2S. The monoisotopic (exact) mass is 269 g/mol. The van der Waals surface area contributed by atoms with E-state index in [1.54, 1.807) is 4.90 Å². The first kappa shape index (κ1) is 13.3. The molecule has 2 rings (SSSR count). The number of nitrogens with zero attached hydrogens (tertiary/aromatic N) is 2. The molecule has 1 amide bonds. The fraction of sp³-hybridized carbons (Fsp3) is 0.667. The van der Waals surface area contributed by atoms with E-state index in [2.05, 4.69) is 18.8 Å². The highest BCUT2D eigenvalue weighted by molar-refractivity contribution is 7.17. The summed E-state index contributed by atoms with van der Waals surface area (Å²) in [5.74, 6) is -0.0358. The van der Waals surface area contributed by atoms with Gasteiger partial charge in [0.05, 0.1) is 12.3 Å². The Morgan fingerprint density at radius 3 is 3.00 bits per heavy atom. The lowest BCUT2D eigenvalue weighted by atomic mass is 9.87. The minimum absolute atomic E-state index is 0.0358. The Labute approximate surface area is 111 Å². The van der Waals surface area contributed by atoms with Crippen LogP contribution in [0.15, 0.2) is 6.20 Å². The number of thiazole rings is 1. The summed E-state index contributed by atoms with van der Waals surface area (Å²) in [6.07, 6.45) is 2.55. The lowest BCUT2D eigenvalue weighted by Gasteiger charge is -2.29. The molecule has 1 aromatic heterocycles. The minimum Gasteiger partial charge on any atom is -0.393 e. The van der Waals surface area contributed by atoms with Crippen molar-refractivity contribution in [3.8, 4) is 0 Å². The predicted molar refractivity (Wildman–Crippen MR) is 71.5 cm³/mol. The van der Waals surface area contributed by atoms with E-state index in [1.807, 2.05) is 0 Å². The molecule has 1 fully saturated rings. The fourth-order valence-corrected chi connectivity index (χ4v) is 3.07. The van der Waals surface area contributed by atoms with Crippen LogP contribution in [0.4, 0.5) is 5.13 Å². The third-order valence-corrected chi connectivity index (χ3v) is 3.98. The maximum atomic E-state index is 12.3. The van der Waals surface area contributed by atoms with E-state index >= 15 is 0 Å². The van der Waals surface area contributed by atoms with Crippen molar-refractivity contribution in [2.24, 2.45) is 5.41 Å². The van der Waals surface area contributed by atoms with Gasteiger partial charge in [-0.05, 0) is 18.3 Å². The van der Waals surface area contributed by atoms with Crippen LogP contribution in [0.5, 0.6) is 0 Å². The molecule has 0 spiro atoms. The Morgan fingerprint density at radius 1 is 1.67 bits per heavy atom.